The van der Waals surface area contributed by atoms with Crippen LogP contribution in [0.1, 0.15) is 56.9 Å². The summed E-state index contributed by atoms with van der Waals surface area (Å²) in [6.07, 6.45) is 5.48. The number of hydrogen-bond acceptors (Lipinski definition) is 3. The van der Waals surface area contributed by atoms with Gasteiger partial charge in [-0.2, -0.15) is 0 Å². The molecule has 2 aromatic rings. The lowest BCUT2D eigenvalue weighted by atomic mass is 9.72. The van der Waals surface area contributed by atoms with E-state index in [-0.39, 0.29) is 18.9 Å². The summed E-state index contributed by atoms with van der Waals surface area (Å²) < 4.78 is 5.81. The zero-order chi connectivity index (χ0) is 20.7. The van der Waals surface area contributed by atoms with Gasteiger partial charge in [-0.3, -0.25) is 9.59 Å². The Bertz CT molecular complexity index is 817. The molecule has 0 bridgehead atoms. The number of hydrogen-bond donors (Lipinski definition) is 2. The number of aryl methyl sites for hydroxylation is 1. The van der Waals surface area contributed by atoms with Crippen molar-refractivity contribution in [3.05, 3.63) is 48.0 Å². The Morgan fingerprint density at radius 3 is 2.38 bits per heavy atom. The van der Waals surface area contributed by atoms with Crippen LogP contribution in [0, 0.1) is 5.41 Å². The molecule has 1 aliphatic heterocycles. The average molecular weight is 398 g/mol. The van der Waals surface area contributed by atoms with E-state index in [0.29, 0.717) is 19.3 Å². The summed E-state index contributed by atoms with van der Waals surface area (Å²) in [4.78, 5) is 23.3. The molecule has 0 saturated carbocycles. The fourth-order valence-electron chi connectivity index (χ4n) is 4.60. The summed E-state index contributed by atoms with van der Waals surface area (Å²) in [5, 5.41) is 21.4. The summed E-state index contributed by atoms with van der Waals surface area (Å²) in [6, 6.07) is 14.2. The van der Waals surface area contributed by atoms with Crippen molar-refractivity contribution >= 4 is 22.7 Å². The Labute approximate surface area is 171 Å². The Hall–Kier alpha value is -2.40. The van der Waals surface area contributed by atoms with Crippen LogP contribution in [0.25, 0.3) is 10.8 Å². The van der Waals surface area contributed by atoms with Crippen molar-refractivity contribution in [2.75, 3.05) is 6.61 Å². The molecule has 0 amide bonds. The molecule has 1 heterocycles. The number of fused-ring (bicyclic) bond motifs is 1. The molecule has 29 heavy (non-hydrogen) atoms. The minimum Gasteiger partial charge on any atom is -0.481 e. The number of carboxylic acid groups (broad SMARTS) is 2. The number of rotatable bonds is 10. The maximum atomic E-state index is 11.6. The Morgan fingerprint density at radius 2 is 1.69 bits per heavy atom. The van der Waals surface area contributed by atoms with Crippen molar-refractivity contribution in [3.63, 3.8) is 0 Å². The van der Waals surface area contributed by atoms with Crippen molar-refractivity contribution in [2.45, 2.75) is 63.9 Å². The third kappa shape index (κ3) is 6.04. The van der Waals surface area contributed by atoms with Crippen LogP contribution in [0.4, 0.5) is 0 Å². The van der Waals surface area contributed by atoms with Gasteiger partial charge in [0.05, 0.1) is 18.9 Å². The van der Waals surface area contributed by atoms with E-state index in [1.807, 2.05) is 18.2 Å². The van der Waals surface area contributed by atoms with Gasteiger partial charge in [-0.05, 0) is 66.7 Å². The van der Waals surface area contributed by atoms with E-state index in [1.54, 1.807) is 0 Å². The number of carbonyl (C=O) groups is 2. The highest BCUT2D eigenvalue weighted by Crippen LogP contribution is 2.39. The van der Waals surface area contributed by atoms with Gasteiger partial charge in [0.15, 0.2) is 0 Å². The lowest BCUT2D eigenvalue weighted by Crippen LogP contribution is -2.31. The molecule has 2 aromatic carbocycles. The largest absolute Gasteiger partial charge is 0.481 e. The Balaban J connectivity index is 1.79. The third-order valence-corrected chi connectivity index (χ3v) is 6.13. The first-order valence-corrected chi connectivity index (χ1v) is 10.5. The molecule has 5 nitrogen and oxygen atoms in total. The third-order valence-electron chi connectivity index (χ3n) is 6.13. The zero-order valence-corrected chi connectivity index (χ0v) is 16.8. The quantitative estimate of drug-likeness (QED) is 0.584. The van der Waals surface area contributed by atoms with E-state index in [1.165, 1.54) is 0 Å². The normalized spacial score (nSPS) is 17.3. The van der Waals surface area contributed by atoms with E-state index >= 15 is 0 Å². The number of carboxylic acids is 2. The van der Waals surface area contributed by atoms with Crippen LogP contribution in [-0.4, -0.2) is 34.9 Å². The summed E-state index contributed by atoms with van der Waals surface area (Å²) in [6.45, 7) is 0.742. The van der Waals surface area contributed by atoms with Gasteiger partial charge in [-0.1, -0.05) is 42.5 Å². The van der Waals surface area contributed by atoms with Gasteiger partial charge in [0.1, 0.15) is 0 Å². The predicted molar refractivity (Wildman–Crippen MR) is 112 cm³/mol. The van der Waals surface area contributed by atoms with Crippen molar-refractivity contribution in [2.24, 2.45) is 5.41 Å². The topological polar surface area (TPSA) is 83.8 Å². The Kier molecular flexibility index (Phi) is 7.26. The molecule has 1 unspecified atom stereocenters. The summed E-state index contributed by atoms with van der Waals surface area (Å²) in [5.74, 6) is -1.87. The molecule has 5 heteroatoms. The first kappa shape index (κ1) is 21.3. The smallest absolute Gasteiger partial charge is 0.303 e. The molecular weight excluding hydrogens is 368 g/mol. The van der Waals surface area contributed by atoms with E-state index in [4.69, 9.17) is 4.74 Å². The first-order chi connectivity index (χ1) is 14.0. The first-order valence-electron chi connectivity index (χ1n) is 10.5. The lowest BCUT2D eigenvalue weighted by Gasteiger charge is -2.33. The maximum absolute atomic E-state index is 11.6. The molecule has 2 N–H and O–H groups in total. The molecule has 0 aliphatic carbocycles. The van der Waals surface area contributed by atoms with Crippen LogP contribution in [0.15, 0.2) is 42.5 Å². The molecule has 1 aliphatic rings. The molecule has 156 valence electrons. The second-order valence-electron chi connectivity index (χ2n) is 8.31. The molecular formula is C24H30O5. The lowest BCUT2D eigenvalue weighted by molar-refractivity contribution is -0.144. The highest BCUT2D eigenvalue weighted by Gasteiger charge is 2.36. The number of ether oxygens (including phenoxy) is 1. The van der Waals surface area contributed by atoms with Gasteiger partial charge in [-0.25, -0.2) is 0 Å². The summed E-state index contributed by atoms with van der Waals surface area (Å²) >= 11 is 0. The van der Waals surface area contributed by atoms with Gasteiger partial charge < -0.3 is 14.9 Å². The standard InChI is InChI=1S/C24H30O5/c25-22(26)16-24(17-23(27)28,14-12-20-9-3-4-15-29-20)13-11-19-8-5-7-18-6-1-2-10-21(18)19/h1-2,5-8,10,20H,3-4,9,11-17H2,(H,25,26)(H,27,28). The zero-order valence-electron chi connectivity index (χ0n) is 16.8. The molecule has 3 rings (SSSR count). The fourth-order valence-corrected chi connectivity index (χ4v) is 4.60. The van der Waals surface area contributed by atoms with Crippen LogP contribution < -0.4 is 0 Å². The second-order valence-corrected chi connectivity index (χ2v) is 8.31. The molecule has 1 saturated heterocycles. The number of benzene rings is 2. The van der Waals surface area contributed by atoms with Gasteiger partial charge >= 0.3 is 11.9 Å². The van der Waals surface area contributed by atoms with Gasteiger partial charge in [-0.15, -0.1) is 0 Å². The van der Waals surface area contributed by atoms with E-state index < -0.39 is 17.4 Å². The van der Waals surface area contributed by atoms with Crippen LogP contribution in [0.3, 0.4) is 0 Å². The van der Waals surface area contributed by atoms with Crippen LogP contribution in [0.2, 0.25) is 0 Å². The monoisotopic (exact) mass is 398 g/mol. The fraction of sp³-hybridized carbons (Fsp3) is 0.500. The van der Waals surface area contributed by atoms with Crippen LogP contribution in [0.5, 0.6) is 0 Å². The summed E-state index contributed by atoms with van der Waals surface area (Å²) in [5.41, 5.74) is 0.368. The van der Waals surface area contributed by atoms with Crippen LogP contribution >= 0.6 is 0 Å². The van der Waals surface area contributed by atoms with Gasteiger partial charge in [0.2, 0.25) is 0 Å². The SMILES string of the molecule is O=C(O)CC(CCc1cccc2ccccc12)(CCC1CCCCO1)CC(=O)O. The average Bonchev–Trinajstić information content (AvgIpc) is 2.70. The molecule has 1 fully saturated rings. The Morgan fingerprint density at radius 1 is 0.966 bits per heavy atom. The van der Waals surface area contributed by atoms with E-state index in [2.05, 4.69) is 24.3 Å². The van der Waals surface area contributed by atoms with Crippen molar-refractivity contribution in [1.29, 1.82) is 0 Å². The molecule has 0 aromatic heterocycles. The predicted octanol–water partition coefficient (Wildman–Crippen LogP) is 5.06. The summed E-state index contributed by atoms with van der Waals surface area (Å²) in [7, 11) is 0. The van der Waals surface area contributed by atoms with E-state index in [0.717, 1.165) is 48.6 Å². The highest BCUT2D eigenvalue weighted by molar-refractivity contribution is 5.85. The molecule has 0 spiro atoms. The van der Waals surface area contributed by atoms with Gasteiger partial charge in [0.25, 0.3) is 0 Å². The van der Waals surface area contributed by atoms with Crippen molar-refractivity contribution in [3.8, 4) is 0 Å². The van der Waals surface area contributed by atoms with Crippen LogP contribution in [-0.2, 0) is 20.7 Å². The minimum atomic E-state index is -0.936. The minimum absolute atomic E-state index is 0.114. The van der Waals surface area contributed by atoms with Crippen molar-refractivity contribution < 1.29 is 24.5 Å². The van der Waals surface area contributed by atoms with Gasteiger partial charge in [0, 0.05) is 6.61 Å². The highest BCUT2D eigenvalue weighted by atomic mass is 16.5. The molecule has 1 atom stereocenters. The number of aliphatic carboxylic acids is 2. The molecule has 0 radical (unpaired) electrons. The second kappa shape index (κ2) is 9.88. The van der Waals surface area contributed by atoms with E-state index in [9.17, 15) is 19.8 Å². The maximum Gasteiger partial charge on any atom is 0.303 e. The van der Waals surface area contributed by atoms with Crippen molar-refractivity contribution in [1.82, 2.24) is 0 Å².